The molecule has 0 aliphatic heterocycles. The summed E-state index contributed by atoms with van der Waals surface area (Å²) in [7, 11) is 0. The van der Waals surface area contributed by atoms with Gasteiger partial charge < -0.3 is 4.74 Å². The molecule has 0 fully saturated rings. The van der Waals surface area contributed by atoms with Crippen molar-refractivity contribution in [3.8, 4) is 0 Å². The van der Waals surface area contributed by atoms with E-state index in [9.17, 15) is 13.6 Å². The minimum absolute atomic E-state index is 0.0641. The Morgan fingerprint density at radius 1 is 1.32 bits per heavy atom. The first-order chi connectivity index (χ1) is 8.86. The van der Waals surface area contributed by atoms with Crippen molar-refractivity contribution < 1.29 is 18.3 Å². The number of hydrogen-bond donors (Lipinski definition) is 0. The summed E-state index contributed by atoms with van der Waals surface area (Å²) in [6, 6.07) is 7.25. The molecule has 0 aromatic heterocycles. The molecule has 0 saturated carbocycles. The second kappa shape index (κ2) is 6.45. The van der Waals surface area contributed by atoms with Crippen LogP contribution in [0.3, 0.4) is 0 Å². The van der Waals surface area contributed by atoms with Crippen molar-refractivity contribution >= 4 is 12.0 Å². The summed E-state index contributed by atoms with van der Waals surface area (Å²) < 4.78 is 31.0. The minimum Gasteiger partial charge on any atom is -0.461 e. The monoisotopic (exact) mass is 268 g/mol. The van der Waals surface area contributed by atoms with Gasteiger partial charge in [0.25, 0.3) is 0 Å². The van der Waals surface area contributed by atoms with Crippen LogP contribution in [0.2, 0.25) is 0 Å². The van der Waals surface area contributed by atoms with Crippen molar-refractivity contribution in [2.45, 2.75) is 32.6 Å². The predicted octanol–water partition coefficient (Wildman–Crippen LogP) is 4.02. The summed E-state index contributed by atoms with van der Waals surface area (Å²) in [5.74, 6) is -4.73. The molecule has 0 N–H and O–H groups in total. The maximum Gasteiger partial charge on any atom is 0.381 e. The molecule has 0 spiro atoms. The molecule has 0 saturated heterocycles. The Kier molecular flexibility index (Phi) is 5.21. The van der Waals surface area contributed by atoms with Crippen molar-refractivity contribution in [2.24, 2.45) is 0 Å². The highest BCUT2D eigenvalue weighted by atomic mass is 19.3. The zero-order valence-corrected chi connectivity index (χ0v) is 11.3. The van der Waals surface area contributed by atoms with Gasteiger partial charge in [0.1, 0.15) is 0 Å². The van der Waals surface area contributed by atoms with E-state index in [1.54, 1.807) is 12.1 Å². The van der Waals surface area contributed by atoms with E-state index in [-0.39, 0.29) is 6.61 Å². The Hall–Kier alpha value is -1.71. The fourth-order valence-corrected chi connectivity index (χ4v) is 1.49. The summed E-state index contributed by atoms with van der Waals surface area (Å²) in [6.45, 7) is 5.53. The zero-order chi connectivity index (χ0) is 14.5. The molecule has 0 amide bonds. The molecule has 0 radical (unpaired) electrons. The van der Waals surface area contributed by atoms with E-state index in [2.05, 4.69) is 18.6 Å². The number of benzene rings is 1. The van der Waals surface area contributed by atoms with E-state index in [0.717, 1.165) is 5.56 Å². The second-order valence-electron chi connectivity index (χ2n) is 4.50. The van der Waals surface area contributed by atoms with Gasteiger partial charge in [0.05, 0.1) is 6.61 Å². The lowest BCUT2D eigenvalue weighted by atomic mass is 10.0. The van der Waals surface area contributed by atoms with E-state index in [4.69, 9.17) is 0 Å². The van der Waals surface area contributed by atoms with Gasteiger partial charge in [-0.3, -0.25) is 0 Å². The van der Waals surface area contributed by atoms with Crippen molar-refractivity contribution in [1.29, 1.82) is 0 Å². The van der Waals surface area contributed by atoms with Crippen LogP contribution in [0.15, 0.2) is 30.3 Å². The fraction of sp³-hybridized carbons (Fsp3) is 0.400. The fourth-order valence-electron chi connectivity index (χ4n) is 1.49. The van der Waals surface area contributed by atoms with Crippen LogP contribution in [0.5, 0.6) is 0 Å². The quantitative estimate of drug-likeness (QED) is 0.754. The van der Waals surface area contributed by atoms with Crippen LogP contribution in [0.4, 0.5) is 8.78 Å². The van der Waals surface area contributed by atoms with Gasteiger partial charge in [-0.2, -0.15) is 8.78 Å². The van der Waals surface area contributed by atoms with Gasteiger partial charge >= 0.3 is 11.9 Å². The zero-order valence-electron chi connectivity index (χ0n) is 11.3. The molecule has 0 heterocycles. The molecule has 19 heavy (non-hydrogen) atoms. The van der Waals surface area contributed by atoms with Crippen LogP contribution in [0, 0.1) is 0 Å². The van der Waals surface area contributed by atoms with Crippen LogP contribution in [0.1, 0.15) is 37.8 Å². The highest BCUT2D eigenvalue weighted by Gasteiger charge is 2.37. The minimum atomic E-state index is -3.59. The van der Waals surface area contributed by atoms with Gasteiger partial charge in [0, 0.05) is 0 Å². The molecular formula is C15H18F2O2. The summed E-state index contributed by atoms with van der Waals surface area (Å²) in [6.07, 6.45) is 1.79. The van der Waals surface area contributed by atoms with Gasteiger partial charge in [-0.1, -0.05) is 44.2 Å². The number of halogens is 2. The number of esters is 1. The third-order valence-corrected chi connectivity index (χ3v) is 2.64. The molecule has 0 unspecified atom stereocenters. The van der Waals surface area contributed by atoms with Gasteiger partial charge in [0.15, 0.2) is 0 Å². The first-order valence-corrected chi connectivity index (χ1v) is 6.21. The summed E-state index contributed by atoms with van der Waals surface area (Å²) >= 11 is 0. The lowest BCUT2D eigenvalue weighted by molar-refractivity contribution is -0.164. The number of hydrogen-bond acceptors (Lipinski definition) is 2. The van der Waals surface area contributed by atoms with Crippen LogP contribution in [0.25, 0.3) is 6.08 Å². The summed E-state index contributed by atoms with van der Waals surface area (Å²) in [5, 5.41) is 0. The smallest absolute Gasteiger partial charge is 0.381 e. The normalized spacial score (nSPS) is 12.1. The Bertz CT molecular complexity index is 448. The molecule has 2 nitrogen and oxygen atoms in total. The Balaban J connectivity index is 2.78. The molecule has 0 aliphatic carbocycles. The Morgan fingerprint density at radius 3 is 2.37 bits per heavy atom. The lowest BCUT2D eigenvalue weighted by Crippen LogP contribution is -2.28. The first-order valence-electron chi connectivity index (χ1n) is 6.21. The van der Waals surface area contributed by atoms with Crippen molar-refractivity contribution in [1.82, 2.24) is 0 Å². The number of ether oxygens (including phenoxy) is 1. The van der Waals surface area contributed by atoms with E-state index in [1.807, 2.05) is 12.1 Å². The maximum absolute atomic E-state index is 13.3. The van der Waals surface area contributed by atoms with E-state index in [0.29, 0.717) is 17.6 Å². The molecule has 1 aromatic rings. The molecule has 0 bridgehead atoms. The third kappa shape index (κ3) is 4.47. The molecule has 0 aliphatic rings. The molecule has 1 aromatic carbocycles. The van der Waals surface area contributed by atoms with Crippen LogP contribution in [-0.2, 0) is 9.53 Å². The lowest BCUT2D eigenvalue weighted by Gasteiger charge is -2.10. The highest BCUT2D eigenvalue weighted by molar-refractivity contribution is 5.81. The van der Waals surface area contributed by atoms with Crippen LogP contribution >= 0.6 is 0 Å². The van der Waals surface area contributed by atoms with Crippen molar-refractivity contribution in [2.75, 3.05) is 6.61 Å². The number of rotatable bonds is 5. The molecule has 0 atom stereocenters. The Labute approximate surface area is 112 Å². The molecule has 104 valence electrons. The average Bonchev–Trinajstić information content (AvgIpc) is 2.37. The predicted molar refractivity (Wildman–Crippen MR) is 71.1 cm³/mol. The number of carbonyl (C=O) groups is 1. The van der Waals surface area contributed by atoms with E-state index in [1.165, 1.54) is 13.0 Å². The molecule has 1 rings (SSSR count). The van der Waals surface area contributed by atoms with Gasteiger partial charge in [0.2, 0.25) is 0 Å². The van der Waals surface area contributed by atoms with Crippen LogP contribution < -0.4 is 0 Å². The number of carbonyl (C=O) groups excluding carboxylic acids is 1. The first kappa shape index (κ1) is 15.3. The van der Waals surface area contributed by atoms with Gasteiger partial charge in [-0.25, -0.2) is 4.79 Å². The molecular weight excluding hydrogens is 250 g/mol. The highest BCUT2D eigenvalue weighted by Crippen LogP contribution is 2.20. The van der Waals surface area contributed by atoms with Gasteiger partial charge in [-0.15, -0.1) is 0 Å². The largest absolute Gasteiger partial charge is 0.461 e. The van der Waals surface area contributed by atoms with E-state index < -0.39 is 11.9 Å². The maximum atomic E-state index is 13.3. The third-order valence-electron chi connectivity index (χ3n) is 2.64. The standard InChI is InChI=1S/C15H18F2O2/c1-4-19-14(18)15(16,17)10-9-12-5-7-13(8-6-12)11(2)3/h5-11H,4H2,1-3H3/b10-9+. The van der Waals surface area contributed by atoms with Crippen molar-refractivity contribution in [3.05, 3.63) is 41.5 Å². The van der Waals surface area contributed by atoms with Gasteiger partial charge in [-0.05, 0) is 30.0 Å². The summed E-state index contributed by atoms with van der Waals surface area (Å²) in [5.41, 5.74) is 1.75. The second-order valence-corrected chi connectivity index (χ2v) is 4.50. The van der Waals surface area contributed by atoms with E-state index >= 15 is 0 Å². The van der Waals surface area contributed by atoms with Crippen molar-refractivity contribution in [3.63, 3.8) is 0 Å². The van der Waals surface area contributed by atoms with Crippen LogP contribution in [-0.4, -0.2) is 18.5 Å². The SMILES string of the molecule is CCOC(=O)C(F)(F)/C=C/c1ccc(C(C)C)cc1. The number of alkyl halides is 2. The summed E-state index contributed by atoms with van der Waals surface area (Å²) in [4.78, 5) is 11.0. The molecule has 4 heteroatoms. The topological polar surface area (TPSA) is 26.3 Å². The average molecular weight is 268 g/mol. The Morgan fingerprint density at radius 2 is 1.89 bits per heavy atom.